The standard InChI is InChI=1S/C11H15BrN2/c1-9-3-2-6-14(8-9)11-4-5-13-7-10(11)12/h4-5,7,9H,2-3,6,8H2,1H3. The molecule has 1 atom stereocenters. The van der Waals surface area contributed by atoms with E-state index in [0.717, 1.165) is 10.4 Å². The normalized spacial score (nSPS) is 22.4. The van der Waals surface area contributed by atoms with Gasteiger partial charge in [0.15, 0.2) is 0 Å². The fraction of sp³-hybridized carbons (Fsp3) is 0.545. The molecule has 0 amide bonds. The van der Waals surface area contributed by atoms with Crippen LogP contribution < -0.4 is 4.90 Å². The van der Waals surface area contributed by atoms with Crippen LogP contribution in [0, 0.1) is 5.92 Å². The Kier molecular flexibility index (Phi) is 3.06. The van der Waals surface area contributed by atoms with Crippen molar-refractivity contribution < 1.29 is 0 Å². The second-order valence-electron chi connectivity index (χ2n) is 4.02. The first kappa shape index (κ1) is 9.97. The Morgan fingerprint density at radius 3 is 3.14 bits per heavy atom. The van der Waals surface area contributed by atoms with Gasteiger partial charge in [0, 0.05) is 25.5 Å². The largest absolute Gasteiger partial charge is 0.370 e. The number of piperidine rings is 1. The molecule has 0 N–H and O–H groups in total. The van der Waals surface area contributed by atoms with Crippen molar-refractivity contribution in [2.75, 3.05) is 18.0 Å². The molecule has 1 unspecified atom stereocenters. The van der Waals surface area contributed by atoms with Gasteiger partial charge in [0.1, 0.15) is 0 Å². The summed E-state index contributed by atoms with van der Waals surface area (Å²) in [6.45, 7) is 4.66. The maximum Gasteiger partial charge on any atom is 0.0592 e. The highest BCUT2D eigenvalue weighted by Crippen LogP contribution is 2.28. The van der Waals surface area contributed by atoms with E-state index in [1.165, 1.54) is 31.6 Å². The molecule has 14 heavy (non-hydrogen) atoms. The zero-order valence-corrected chi connectivity index (χ0v) is 10.00. The minimum absolute atomic E-state index is 0.809. The quantitative estimate of drug-likeness (QED) is 0.766. The summed E-state index contributed by atoms with van der Waals surface area (Å²) in [5.41, 5.74) is 1.28. The van der Waals surface area contributed by atoms with Gasteiger partial charge in [-0.2, -0.15) is 0 Å². The summed E-state index contributed by atoms with van der Waals surface area (Å²) in [7, 11) is 0. The molecular weight excluding hydrogens is 240 g/mol. The Morgan fingerprint density at radius 1 is 1.57 bits per heavy atom. The van der Waals surface area contributed by atoms with Gasteiger partial charge in [0.25, 0.3) is 0 Å². The van der Waals surface area contributed by atoms with E-state index in [9.17, 15) is 0 Å². The van der Waals surface area contributed by atoms with E-state index in [0.29, 0.717) is 0 Å². The van der Waals surface area contributed by atoms with E-state index in [4.69, 9.17) is 0 Å². The number of rotatable bonds is 1. The molecule has 0 aliphatic carbocycles. The molecule has 0 radical (unpaired) electrons. The molecule has 0 saturated carbocycles. The minimum atomic E-state index is 0.809. The lowest BCUT2D eigenvalue weighted by Crippen LogP contribution is -2.34. The van der Waals surface area contributed by atoms with Crippen LogP contribution in [-0.2, 0) is 0 Å². The number of aromatic nitrogens is 1. The third-order valence-electron chi connectivity index (χ3n) is 2.75. The predicted molar refractivity (Wildman–Crippen MR) is 62.5 cm³/mol. The van der Waals surface area contributed by atoms with Crippen LogP contribution >= 0.6 is 15.9 Å². The average molecular weight is 255 g/mol. The monoisotopic (exact) mass is 254 g/mol. The fourth-order valence-electron chi connectivity index (χ4n) is 2.03. The van der Waals surface area contributed by atoms with Crippen molar-refractivity contribution in [3.8, 4) is 0 Å². The molecule has 0 spiro atoms. The van der Waals surface area contributed by atoms with Gasteiger partial charge < -0.3 is 4.90 Å². The van der Waals surface area contributed by atoms with Crippen molar-refractivity contribution in [2.45, 2.75) is 19.8 Å². The van der Waals surface area contributed by atoms with E-state index < -0.39 is 0 Å². The highest BCUT2D eigenvalue weighted by atomic mass is 79.9. The topological polar surface area (TPSA) is 16.1 Å². The Bertz CT molecular complexity index is 314. The van der Waals surface area contributed by atoms with Gasteiger partial charge in [-0.05, 0) is 40.8 Å². The third-order valence-corrected chi connectivity index (χ3v) is 3.36. The Balaban J connectivity index is 2.18. The van der Waals surface area contributed by atoms with E-state index in [-0.39, 0.29) is 0 Å². The van der Waals surface area contributed by atoms with Crippen LogP contribution in [0.4, 0.5) is 5.69 Å². The lowest BCUT2D eigenvalue weighted by atomic mass is 10.00. The predicted octanol–water partition coefficient (Wildman–Crippen LogP) is 3.08. The maximum absolute atomic E-state index is 4.09. The number of hydrogen-bond donors (Lipinski definition) is 0. The average Bonchev–Trinajstić information content (AvgIpc) is 2.18. The minimum Gasteiger partial charge on any atom is -0.370 e. The molecular formula is C11H15BrN2. The summed E-state index contributed by atoms with van der Waals surface area (Å²) in [5.74, 6) is 0.809. The van der Waals surface area contributed by atoms with Crippen LogP contribution in [0.1, 0.15) is 19.8 Å². The van der Waals surface area contributed by atoms with E-state index in [1.807, 2.05) is 12.4 Å². The van der Waals surface area contributed by atoms with Crippen LogP contribution in [0.3, 0.4) is 0 Å². The van der Waals surface area contributed by atoms with Crippen LogP contribution in [0.2, 0.25) is 0 Å². The first-order valence-electron chi connectivity index (χ1n) is 5.12. The zero-order valence-electron chi connectivity index (χ0n) is 8.41. The summed E-state index contributed by atoms with van der Waals surface area (Å²) in [5, 5.41) is 0. The number of nitrogens with zero attached hydrogens (tertiary/aromatic N) is 2. The Labute approximate surface area is 93.5 Å². The van der Waals surface area contributed by atoms with Crippen LogP contribution in [-0.4, -0.2) is 18.1 Å². The van der Waals surface area contributed by atoms with Crippen molar-refractivity contribution >= 4 is 21.6 Å². The molecule has 1 fully saturated rings. The SMILES string of the molecule is CC1CCCN(c2ccncc2Br)C1. The van der Waals surface area contributed by atoms with Gasteiger partial charge >= 0.3 is 0 Å². The second-order valence-corrected chi connectivity index (χ2v) is 4.87. The zero-order chi connectivity index (χ0) is 9.97. The second kappa shape index (κ2) is 4.30. The fourth-order valence-corrected chi connectivity index (χ4v) is 2.53. The molecule has 1 aliphatic rings. The molecule has 2 rings (SSSR count). The van der Waals surface area contributed by atoms with Crippen LogP contribution in [0.5, 0.6) is 0 Å². The number of halogens is 1. The van der Waals surface area contributed by atoms with Crippen molar-refractivity contribution in [3.63, 3.8) is 0 Å². The van der Waals surface area contributed by atoms with Gasteiger partial charge in [-0.15, -0.1) is 0 Å². The molecule has 3 heteroatoms. The molecule has 1 saturated heterocycles. The molecule has 1 aromatic heterocycles. The van der Waals surface area contributed by atoms with Gasteiger partial charge in [-0.3, -0.25) is 4.98 Å². The molecule has 2 nitrogen and oxygen atoms in total. The Hall–Kier alpha value is -0.570. The lowest BCUT2D eigenvalue weighted by molar-refractivity contribution is 0.446. The molecule has 1 aromatic rings. The molecule has 2 heterocycles. The first-order chi connectivity index (χ1) is 6.77. The smallest absolute Gasteiger partial charge is 0.0592 e. The van der Waals surface area contributed by atoms with E-state index in [2.05, 4.69) is 38.8 Å². The molecule has 1 aliphatic heterocycles. The van der Waals surface area contributed by atoms with Gasteiger partial charge in [-0.1, -0.05) is 6.92 Å². The van der Waals surface area contributed by atoms with E-state index >= 15 is 0 Å². The highest BCUT2D eigenvalue weighted by Gasteiger charge is 2.17. The summed E-state index contributed by atoms with van der Waals surface area (Å²) >= 11 is 3.55. The van der Waals surface area contributed by atoms with Crippen molar-refractivity contribution in [1.82, 2.24) is 4.98 Å². The van der Waals surface area contributed by atoms with Crippen molar-refractivity contribution in [1.29, 1.82) is 0 Å². The number of hydrogen-bond acceptors (Lipinski definition) is 2. The summed E-state index contributed by atoms with van der Waals surface area (Å²) in [6, 6.07) is 2.09. The van der Waals surface area contributed by atoms with Gasteiger partial charge in [-0.25, -0.2) is 0 Å². The summed E-state index contributed by atoms with van der Waals surface area (Å²) in [4.78, 5) is 6.53. The van der Waals surface area contributed by atoms with Crippen LogP contribution in [0.15, 0.2) is 22.9 Å². The summed E-state index contributed by atoms with van der Waals surface area (Å²) in [6.07, 6.45) is 6.39. The third kappa shape index (κ3) is 2.08. The van der Waals surface area contributed by atoms with Gasteiger partial charge in [0.05, 0.1) is 10.2 Å². The van der Waals surface area contributed by atoms with E-state index in [1.54, 1.807) is 0 Å². The molecule has 0 bridgehead atoms. The highest BCUT2D eigenvalue weighted by molar-refractivity contribution is 9.10. The number of anilines is 1. The maximum atomic E-state index is 4.09. The lowest BCUT2D eigenvalue weighted by Gasteiger charge is -2.33. The van der Waals surface area contributed by atoms with Gasteiger partial charge in [0.2, 0.25) is 0 Å². The van der Waals surface area contributed by atoms with Crippen molar-refractivity contribution in [2.24, 2.45) is 5.92 Å². The molecule has 0 aromatic carbocycles. The van der Waals surface area contributed by atoms with Crippen molar-refractivity contribution in [3.05, 3.63) is 22.9 Å². The molecule has 76 valence electrons. The summed E-state index contributed by atoms with van der Waals surface area (Å²) < 4.78 is 1.11. The Morgan fingerprint density at radius 2 is 2.43 bits per heavy atom. The first-order valence-corrected chi connectivity index (χ1v) is 5.91. The van der Waals surface area contributed by atoms with Crippen LogP contribution in [0.25, 0.3) is 0 Å². The number of pyridine rings is 1.